The van der Waals surface area contributed by atoms with Gasteiger partial charge in [0.15, 0.2) is 11.2 Å². The minimum Gasteiger partial charge on any atom is -0.396 e. The molecule has 3 rings (SSSR count). The lowest BCUT2D eigenvalue weighted by Crippen LogP contribution is -2.17. The number of phosphoric acid groups is 1. The number of aliphatic hydroxyl groups is 2. The highest BCUT2D eigenvalue weighted by Crippen LogP contribution is 2.39. The van der Waals surface area contributed by atoms with Crippen LogP contribution in [0.2, 0.25) is 0 Å². The Labute approximate surface area is 140 Å². The molecule has 13 heteroatoms. The van der Waals surface area contributed by atoms with E-state index in [9.17, 15) is 15.0 Å². The molecule has 1 fully saturated rings. The number of aromatic nitrogens is 4. The summed E-state index contributed by atoms with van der Waals surface area (Å²) in [4.78, 5) is 43.8. The highest BCUT2D eigenvalue weighted by Gasteiger charge is 2.37. The largest absolute Gasteiger partial charge is 0.466 e. The summed E-state index contributed by atoms with van der Waals surface area (Å²) < 4.78 is 10.6. The molecular formula is C12H18N5O7P. The summed E-state index contributed by atoms with van der Waals surface area (Å²) >= 11 is 0. The van der Waals surface area contributed by atoms with Gasteiger partial charge in [-0.25, -0.2) is 9.55 Å². The van der Waals surface area contributed by atoms with E-state index in [0.717, 1.165) is 0 Å². The van der Waals surface area contributed by atoms with Gasteiger partial charge in [-0.1, -0.05) is 6.58 Å². The van der Waals surface area contributed by atoms with E-state index in [-0.39, 0.29) is 30.0 Å². The molecule has 2 aromatic heterocycles. The molecule has 25 heavy (non-hydrogen) atoms. The highest BCUT2D eigenvalue weighted by atomic mass is 31.2. The topological polar surface area (TPSA) is 208 Å². The van der Waals surface area contributed by atoms with Crippen LogP contribution >= 0.6 is 7.82 Å². The first-order valence-electron chi connectivity index (χ1n) is 7.01. The van der Waals surface area contributed by atoms with Crippen molar-refractivity contribution in [3.63, 3.8) is 0 Å². The van der Waals surface area contributed by atoms with Gasteiger partial charge in [-0.05, 0) is 12.0 Å². The minimum absolute atomic E-state index is 0.00659. The molecule has 0 aliphatic heterocycles. The molecule has 0 bridgehead atoms. The molecule has 1 aliphatic carbocycles. The Bertz CT molecular complexity index is 879. The second kappa shape index (κ2) is 7.04. The number of hydrogen-bond acceptors (Lipinski definition) is 7. The molecule has 0 saturated heterocycles. The average molecular weight is 375 g/mol. The van der Waals surface area contributed by atoms with Crippen molar-refractivity contribution in [1.82, 2.24) is 19.5 Å². The Morgan fingerprint density at radius 1 is 1.44 bits per heavy atom. The molecule has 1 saturated carbocycles. The second-order valence-corrected chi connectivity index (χ2v) is 6.50. The predicted molar refractivity (Wildman–Crippen MR) is 86.2 cm³/mol. The number of nitrogens with zero attached hydrogens (tertiary/aromatic N) is 3. The van der Waals surface area contributed by atoms with E-state index in [1.807, 2.05) is 0 Å². The number of aromatic amines is 1. The van der Waals surface area contributed by atoms with E-state index in [1.165, 1.54) is 6.33 Å². The van der Waals surface area contributed by atoms with E-state index >= 15 is 0 Å². The summed E-state index contributed by atoms with van der Waals surface area (Å²) in [5.74, 6) is -0.371. The average Bonchev–Trinajstić information content (AvgIpc) is 2.98. The van der Waals surface area contributed by atoms with E-state index < -0.39 is 19.5 Å². The van der Waals surface area contributed by atoms with E-state index in [1.54, 1.807) is 4.57 Å². The van der Waals surface area contributed by atoms with Gasteiger partial charge in [0.25, 0.3) is 5.56 Å². The first-order valence-corrected chi connectivity index (χ1v) is 8.57. The van der Waals surface area contributed by atoms with Crippen molar-refractivity contribution in [2.75, 3.05) is 12.3 Å². The first-order chi connectivity index (χ1) is 11.5. The van der Waals surface area contributed by atoms with Crippen LogP contribution in [0, 0.1) is 5.92 Å². The number of hydrogen-bond donors (Lipinski definition) is 7. The van der Waals surface area contributed by atoms with Crippen LogP contribution in [0.3, 0.4) is 0 Å². The Morgan fingerprint density at radius 3 is 2.56 bits per heavy atom. The fourth-order valence-electron chi connectivity index (χ4n) is 2.74. The SMILES string of the molecule is C=C1[C@H](CO)[C@@H](O)C[C@@H]1n1cnc2c(=O)[nH]c(N)nc21.O=P(O)(O)O. The van der Waals surface area contributed by atoms with Crippen molar-refractivity contribution in [3.8, 4) is 0 Å². The maximum absolute atomic E-state index is 11.7. The van der Waals surface area contributed by atoms with Crippen molar-refractivity contribution in [3.05, 3.63) is 28.8 Å². The lowest BCUT2D eigenvalue weighted by molar-refractivity contribution is 0.101. The predicted octanol–water partition coefficient (Wildman–Crippen LogP) is -1.76. The molecule has 0 spiro atoms. The fraction of sp³-hybridized carbons (Fsp3) is 0.417. The molecule has 2 aromatic rings. The van der Waals surface area contributed by atoms with E-state index in [4.69, 9.17) is 25.0 Å². The highest BCUT2D eigenvalue weighted by molar-refractivity contribution is 7.45. The summed E-state index contributed by atoms with van der Waals surface area (Å²) in [5.41, 5.74) is 6.37. The summed E-state index contributed by atoms with van der Waals surface area (Å²) in [6.45, 7) is 3.76. The second-order valence-electron chi connectivity index (χ2n) is 5.47. The smallest absolute Gasteiger partial charge is 0.396 e. The maximum Gasteiger partial charge on any atom is 0.466 e. The molecule has 1 aliphatic rings. The van der Waals surface area contributed by atoms with Gasteiger partial charge in [0, 0.05) is 5.92 Å². The molecule has 2 heterocycles. The van der Waals surface area contributed by atoms with E-state index in [2.05, 4.69) is 21.5 Å². The van der Waals surface area contributed by atoms with Crippen LogP contribution < -0.4 is 11.3 Å². The first kappa shape index (κ1) is 19.2. The molecule has 8 N–H and O–H groups in total. The van der Waals surface area contributed by atoms with Crippen molar-refractivity contribution in [1.29, 1.82) is 0 Å². The molecule has 138 valence electrons. The van der Waals surface area contributed by atoms with Gasteiger partial charge in [0.05, 0.1) is 25.1 Å². The van der Waals surface area contributed by atoms with Gasteiger partial charge in [0.2, 0.25) is 5.95 Å². The standard InChI is InChI=1S/C12H15N5O3.H3O4P/c1-5-6(3-18)8(19)2-7(5)17-4-14-9-10(17)15-12(13)16-11(9)20;1-5(2,3)4/h4,6-8,18-19H,1-3H2,(H3,13,15,16,20);(H3,1,2,3,4)/t6-,7-,8-;/m0./s1. The third kappa shape index (κ3) is 4.31. The Kier molecular flexibility index (Phi) is 5.42. The Morgan fingerprint density at radius 2 is 2.04 bits per heavy atom. The van der Waals surface area contributed by atoms with Crippen LogP contribution in [-0.2, 0) is 4.57 Å². The van der Waals surface area contributed by atoms with Crippen LogP contribution in [-0.4, -0.2) is 57.1 Å². The summed E-state index contributed by atoms with van der Waals surface area (Å²) in [6, 6.07) is -0.263. The molecule has 0 amide bonds. The van der Waals surface area contributed by atoms with Gasteiger partial charge in [-0.2, -0.15) is 4.98 Å². The summed E-state index contributed by atoms with van der Waals surface area (Å²) in [7, 11) is -4.64. The molecule has 0 radical (unpaired) electrons. The lowest BCUT2D eigenvalue weighted by atomic mass is 10.0. The number of H-pyrrole nitrogens is 1. The van der Waals surface area contributed by atoms with Gasteiger partial charge >= 0.3 is 7.82 Å². The number of aliphatic hydroxyl groups excluding tert-OH is 2. The summed E-state index contributed by atoms with van der Waals surface area (Å²) in [6.07, 6.45) is 1.20. The van der Waals surface area contributed by atoms with Crippen molar-refractivity contribution in [2.24, 2.45) is 5.92 Å². The van der Waals surface area contributed by atoms with Crippen LogP contribution in [0.25, 0.3) is 11.2 Å². The van der Waals surface area contributed by atoms with Crippen LogP contribution in [0.1, 0.15) is 12.5 Å². The maximum atomic E-state index is 11.7. The summed E-state index contributed by atoms with van der Waals surface area (Å²) in [5, 5.41) is 19.2. The van der Waals surface area contributed by atoms with Gasteiger partial charge in [-0.3, -0.25) is 9.78 Å². The van der Waals surface area contributed by atoms with Crippen LogP contribution in [0.4, 0.5) is 5.95 Å². The van der Waals surface area contributed by atoms with Crippen molar-refractivity contribution in [2.45, 2.75) is 18.6 Å². The van der Waals surface area contributed by atoms with Crippen LogP contribution in [0.5, 0.6) is 0 Å². The van der Waals surface area contributed by atoms with Crippen molar-refractivity contribution >= 4 is 24.9 Å². The number of nitrogens with one attached hydrogen (secondary N) is 1. The third-order valence-corrected chi connectivity index (χ3v) is 3.82. The number of imidazole rings is 1. The Balaban J connectivity index is 0.000000399. The van der Waals surface area contributed by atoms with Gasteiger partial charge in [0.1, 0.15) is 0 Å². The molecular weight excluding hydrogens is 357 g/mol. The number of fused-ring (bicyclic) bond motifs is 1. The minimum atomic E-state index is -4.64. The molecule has 0 unspecified atom stereocenters. The number of rotatable bonds is 2. The monoisotopic (exact) mass is 375 g/mol. The molecule has 12 nitrogen and oxygen atoms in total. The van der Waals surface area contributed by atoms with Crippen molar-refractivity contribution < 1.29 is 29.5 Å². The fourth-order valence-corrected chi connectivity index (χ4v) is 2.74. The van der Waals surface area contributed by atoms with Gasteiger partial charge < -0.3 is 35.2 Å². The zero-order chi connectivity index (χ0) is 18.9. The number of anilines is 1. The number of nitrogen functional groups attached to an aromatic ring is 1. The third-order valence-electron chi connectivity index (χ3n) is 3.82. The molecule has 3 atom stereocenters. The quantitative estimate of drug-likeness (QED) is 0.232. The molecule has 0 aromatic carbocycles. The van der Waals surface area contributed by atoms with E-state index in [0.29, 0.717) is 17.6 Å². The Hall–Kier alpha value is -2.08. The normalized spacial score (nSPS) is 23.6. The van der Waals surface area contributed by atoms with Gasteiger partial charge in [-0.15, -0.1) is 0 Å². The zero-order valence-corrected chi connectivity index (χ0v) is 13.7. The zero-order valence-electron chi connectivity index (χ0n) is 12.8. The number of nitrogens with two attached hydrogens (primary N) is 1. The lowest BCUT2D eigenvalue weighted by Gasteiger charge is -2.15. The van der Waals surface area contributed by atoms with Crippen LogP contribution in [0.15, 0.2) is 23.3 Å².